The number of halogens is 1. The summed E-state index contributed by atoms with van der Waals surface area (Å²) in [5.74, 6) is 0.734. The first-order valence-corrected chi connectivity index (χ1v) is 9.02. The van der Waals surface area contributed by atoms with Gasteiger partial charge in [0, 0.05) is 23.9 Å². The summed E-state index contributed by atoms with van der Waals surface area (Å²) in [4.78, 5) is 10.3. The summed E-state index contributed by atoms with van der Waals surface area (Å²) in [7, 11) is 0. The van der Waals surface area contributed by atoms with Crippen LogP contribution in [0.3, 0.4) is 0 Å². The minimum Gasteiger partial charge on any atom is -0.299 e. The summed E-state index contributed by atoms with van der Waals surface area (Å²) >= 11 is 1.46. The van der Waals surface area contributed by atoms with Gasteiger partial charge in [-0.3, -0.25) is 14.7 Å². The van der Waals surface area contributed by atoms with E-state index in [2.05, 4.69) is 10.2 Å². The highest BCUT2D eigenvalue weighted by molar-refractivity contribution is 7.98. The summed E-state index contributed by atoms with van der Waals surface area (Å²) < 4.78 is 16.0. The summed E-state index contributed by atoms with van der Waals surface area (Å²) in [5, 5.41) is 19.8. The highest BCUT2D eigenvalue weighted by Crippen LogP contribution is 2.30. The molecule has 6 nitrogen and oxygen atoms in total. The SMILES string of the molecule is CC(C)n1c(SCc2ccc([N+](=O)[O-])cc2)nnc1-c1ccccc1F. The van der Waals surface area contributed by atoms with E-state index in [4.69, 9.17) is 0 Å². The van der Waals surface area contributed by atoms with Crippen LogP contribution in [0.25, 0.3) is 11.4 Å². The van der Waals surface area contributed by atoms with E-state index in [-0.39, 0.29) is 17.5 Å². The van der Waals surface area contributed by atoms with Gasteiger partial charge in [-0.1, -0.05) is 36.0 Å². The quantitative estimate of drug-likeness (QED) is 0.351. The molecule has 8 heteroatoms. The number of rotatable bonds is 6. The van der Waals surface area contributed by atoms with Gasteiger partial charge in [0.1, 0.15) is 5.82 Å². The molecule has 0 amide bonds. The molecule has 1 heterocycles. The zero-order valence-corrected chi connectivity index (χ0v) is 15.1. The Hall–Kier alpha value is -2.74. The molecule has 26 heavy (non-hydrogen) atoms. The second-order valence-corrected chi connectivity index (χ2v) is 6.90. The van der Waals surface area contributed by atoms with Gasteiger partial charge in [0.15, 0.2) is 11.0 Å². The van der Waals surface area contributed by atoms with E-state index < -0.39 is 4.92 Å². The highest BCUT2D eigenvalue weighted by Gasteiger charge is 2.19. The summed E-state index contributed by atoms with van der Waals surface area (Å²) in [6.07, 6.45) is 0. The van der Waals surface area contributed by atoms with Gasteiger partial charge in [-0.25, -0.2) is 4.39 Å². The number of non-ortho nitro benzene ring substituents is 1. The molecule has 0 saturated heterocycles. The van der Waals surface area contributed by atoms with Crippen molar-refractivity contribution >= 4 is 17.4 Å². The van der Waals surface area contributed by atoms with Crippen molar-refractivity contribution < 1.29 is 9.31 Å². The summed E-state index contributed by atoms with van der Waals surface area (Å²) in [5.41, 5.74) is 1.41. The number of hydrogen-bond acceptors (Lipinski definition) is 5. The van der Waals surface area contributed by atoms with Crippen LogP contribution in [0.2, 0.25) is 0 Å². The van der Waals surface area contributed by atoms with E-state index in [1.54, 1.807) is 30.3 Å². The number of aromatic nitrogens is 3. The van der Waals surface area contributed by atoms with Gasteiger partial charge in [-0.2, -0.15) is 0 Å². The third-order valence-electron chi connectivity index (χ3n) is 3.81. The summed E-state index contributed by atoms with van der Waals surface area (Å²) in [6, 6.07) is 12.9. The fourth-order valence-corrected chi connectivity index (χ4v) is 3.55. The molecular weight excluding hydrogens is 355 g/mol. The first-order valence-electron chi connectivity index (χ1n) is 8.03. The normalized spacial score (nSPS) is 11.1. The van der Waals surface area contributed by atoms with Gasteiger partial charge in [0.25, 0.3) is 5.69 Å². The average molecular weight is 372 g/mol. The van der Waals surface area contributed by atoms with Crippen LogP contribution in [0.1, 0.15) is 25.5 Å². The van der Waals surface area contributed by atoms with Gasteiger partial charge in [0.05, 0.1) is 10.5 Å². The molecule has 0 N–H and O–H groups in total. The number of benzene rings is 2. The van der Waals surface area contributed by atoms with Gasteiger partial charge < -0.3 is 0 Å². The molecule has 0 bridgehead atoms. The van der Waals surface area contributed by atoms with Crippen molar-refractivity contribution in [3.8, 4) is 11.4 Å². The Bertz CT molecular complexity index is 925. The van der Waals surface area contributed by atoms with E-state index in [0.717, 1.165) is 5.56 Å². The van der Waals surface area contributed by atoms with Gasteiger partial charge in [0.2, 0.25) is 0 Å². The van der Waals surface area contributed by atoms with Crippen LogP contribution < -0.4 is 0 Å². The monoisotopic (exact) mass is 372 g/mol. The van der Waals surface area contributed by atoms with Crippen molar-refractivity contribution in [3.63, 3.8) is 0 Å². The lowest BCUT2D eigenvalue weighted by Crippen LogP contribution is -2.06. The van der Waals surface area contributed by atoms with Gasteiger partial charge in [-0.15, -0.1) is 10.2 Å². The topological polar surface area (TPSA) is 73.8 Å². The maximum Gasteiger partial charge on any atom is 0.269 e. The van der Waals surface area contributed by atoms with E-state index in [9.17, 15) is 14.5 Å². The molecule has 0 fully saturated rings. The van der Waals surface area contributed by atoms with Crippen LogP contribution in [-0.2, 0) is 5.75 Å². The van der Waals surface area contributed by atoms with E-state index in [1.165, 1.54) is 30.0 Å². The highest BCUT2D eigenvalue weighted by atomic mass is 32.2. The van der Waals surface area contributed by atoms with E-state index in [1.807, 2.05) is 18.4 Å². The van der Waals surface area contributed by atoms with Crippen LogP contribution in [-0.4, -0.2) is 19.7 Å². The molecule has 134 valence electrons. The third-order valence-corrected chi connectivity index (χ3v) is 4.83. The fourth-order valence-electron chi connectivity index (χ4n) is 2.53. The maximum atomic E-state index is 14.1. The van der Waals surface area contributed by atoms with Crippen molar-refractivity contribution in [1.82, 2.24) is 14.8 Å². The van der Waals surface area contributed by atoms with Crippen molar-refractivity contribution in [3.05, 3.63) is 70.0 Å². The molecule has 0 spiro atoms. The lowest BCUT2D eigenvalue weighted by atomic mass is 10.2. The number of hydrogen-bond donors (Lipinski definition) is 0. The fraction of sp³-hybridized carbons (Fsp3) is 0.222. The van der Waals surface area contributed by atoms with Crippen molar-refractivity contribution in [1.29, 1.82) is 0 Å². The Morgan fingerprint density at radius 3 is 2.46 bits per heavy atom. The maximum absolute atomic E-state index is 14.1. The molecular formula is C18H17FN4O2S. The second kappa shape index (κ2) is 7.65. The van der Waals surface area contributed by atoms with Crippen LogP contribution in [0.15, 0.2) is 53.7 Å². The molecule has 0 atom stereocenters. The first-order chi connectivity index (χ1) is 12.5. The Kier molecular flexibility index (Phi) is 5.32. The van der Waals surface area contributed by atoms with Crippen molar-refractivity contribution in [2.45, 2.75) is 30.8 Å². The number of nitrogens with zero attached hydrogens (tertiary/aromatic N) is 4. The third kappa shape index (κ3) is 3.75. The molecule has 0 radical (unpaired) electrons. The number of nitro groups is 1. The van der Waals surface area contributed by atoms with Crippen LogP contribution >= 0.6 is 11.8 Å². The van der Waals surface area contributed by atoms with E-state index >= 15 is 0 Å². The van der Waals surface area contributed by atoms with Crippen molar-refractivity contribution in [2.75, 3.05) is 0 Å². The molecule has 1 aromatic heterocycles. The Balaban J connectivity index is 1.84. The average Bonchev–Trinajstić information content (AvgIpc) is 3.04. The predicted octanol–water partition coefficient (Wildman–Crippen LogP) is 4.87. The Labute approximate surface area is 154 Å². The molecule has 0 aliphatic rings. The zero-order chi connectivity index (χ0) is 18.7. The van der Waals surface area contributed by atoms with Crippen LogP contribution in [0.4, 0.5) is 10.1 Å². The van der Waals surface area contributed by atoms with Crippen LogP contribution in [0, 0.1) is 15.9 Å². The number of nitro benzene ring substituents is 1. The molecule has 0 saturated carbocycles. The lowest BCUT2D eigenvalue weighted by molar-refractivity contribution is -0.384. The van der Waals surface area contributed by atoms with Crippen LogP contribution in [0.5, 0.6) is 0 Å². The van der Waals surface area contributed by atoms with E-state index in [0.29, 0.717) is 22.3 Å². The second-order valence-electron chi connectivity index (χ2n) is 5.96. The smallest absolute Gasteiger partial charge is 0.269 e. The molecule has 0 aliphatic carbocycles. The number of thioether (sulfide) groups is 1. The Morgan fingerprint density at radius 1 is 1.15 bits per heavy atom. The standard InChI is InChI=1S/C18H17FN4O2S/c1-12(2)22-17(15-5-3-4-6-16(15)19)20-21-18(22)26-11-13-7-9-14(10-8-13)23(24)25/h3-10,12H,11H2,1-2H3. The first kappa shape index (κ1) is 18.1. The zero-order valence-electron chi connectivity index (χ0n) is 14.3. The molecule has 0 unspecified atom stereocenters. The minimum absolute atomic E-state index is 0.0546. The minimum atomic E-state index is -0.424. The molecule has 0 aliphatic heterocycles. The predicted molar refractivity (Wildman–Crippen MR) is 98.5 cm³/mol. The molecule has 3 rings (SSSR count). The molecule has 2 aromatic carbocycles. The Morgan fingerprint density at radius 2 is 1.85 bits per heavy atom. The van der Waals surface area contributed by atoms with Gasteiger partial charge in [-0.05, 0) is 31.5 Å². The van der Waals surface area contributed by atoms with Crippen molar-refractivity contribution in [2.24, 2.45) is 0 Å². The molecule has 3 aromatic rings. The largest absolute Gasteiger partial charge is 0.299 e. The summed E-state index contributed by atoms with van der Waals surface area (Å²) in [6.45, 7) is 3.98. The van der Waals surface area contributed by atoms with Gasteiger partial charge >= 0.3 is 0 Å². The lowest BCUT2D eigenvalue weighted by Gasteiger charge is -2.14.